The van der Waals surface area contributed by atoms with E-state index in [1.54, 1.807) is 19.3 Å². The van der Waals surface area contributed by atoms with Gasteiger partial charge in [0.05, 0.1) is 5.60 Å². The molecule has 1 aromatic rings. The topological polar surface area (TPSA) is 94.6 Å². The number of aliphatic hydroxyl groups is 1. The standard InChI is InChI=1S/C28H44N4O3/c1-20(33)32-14-8-22(9-15-32)31-24-17-26(2,3)23-16-27(4,35)11-12-28(23,24)10-7-25(34)30-19-21-6-5-13-29-18-21/h5-6,13,18,22-24,31,35H,7-12,14-17,19H2,1-4H3,(H,30,34)/t23-,24-,27+,28+/m1/s1. The van der Waals surface area contributed by atoms with Gasteiger partial charge < -0.3 is 20.6 Å². The third kappa shape index (κ3) is 5.88. The average Bonchev–Trinajstić information content (AvgIpc) is 3.02. The Kier molecular flexibility index (Phi) is 7.58. The van der Waals surface area contributed by atoms with Crippen molar-refractivity contribution in [3.05, 3.63) is 30.1 Å². The summed E-state index contributed by atoms with van der Waals surface area (Å²) in [5, 5.41) is 18.1. The highest BCUT2D eigenvalue weighted by Gasteiger charge is 2.61. The molecular weight excluding hydrogens is 440 g/mol. The van der Waals surface area contributed by atoms with Gasteiger partial charge in [-0.3, -0.25) is 14.6 Å². The van der Waals surface area contributed by atoms with Crippen LogP contribution in [-0.2, 0) is 16.1 Å². The van der Waals surface area contributed by atoms with Gasteiger partial charge in [-0.2, -0.15) is 0 Å². The van der Waals surface area contributed by atoms with Crippen LogP contribution < -0.4 is 10.6 Å². The van der Waals surface area contributed by atoms with E-state index in [4.69, 9.17) is 0 Å². The number of rotatable bonds is 7. The normalized spacial score (nSPS) is 32.8. The van der Waals surface area contributed by atoms with Gasteiger partial charge in [-0.15, -0.1) is 0 Å². The number of carbonyl (C=O) groups is 2. The minimum Gasteiger partial charge on any atom is -0.390 e. The first kappa shape index (κ1) is 26.1. The molecule has 194 valence electrons. The van der Waals surface area contributed by atoms with E-state index in [9.17, 15) is 14.7 Å². The number of hydrogen-bond donors (Lipinski definition) is 3. The summed E-state index contributed by atoms with van der Waals surface area (Å²) in [5.74, 6) is 0.603. The van der Waals surface area contributed by atoms with Gasteiger partial charge in [0.15, 0.2) is 0 Å². The predicted octanol–water partition coefficient (Wildman–Crippen LogP) is 3.41. The minimum absolute atomic E-state index is 0.00487. The number of aromatic nitrogens is 1. The SMILES string of the molecule is CC(=O)N1CCC(N[C@@H]2CC(C)(C)[C@H]3C[C@@](C)(O)CC[C@@]32CCC(=O)NCc2cccnc2)CC1. The van der Waals surface area contributed by atoms with Gasteiger partial charge in [-0.25, -0.2) is 0 Å². The van der Waals surface area contributed by atoms with Gasteiger partial charge in [0.2, 0.25) is 11.8 Å². The van der Waals surface area contributed by atoms with Crippen molar-refractivity contribution in [2.45, 2.75) is 103 Å². The molecule has 4 atom stereocenters. The highest BCUT2D eigenvalue weighted by atomic mass is 16.3. The molecule has 7 nitrogen and oxygen atoms in total. The summed E-state index contributed by atoms with van der Waals surface area (Å²) < 4.78 is 0. The van der Waals surface area contributed by atoms with Crippen LogP contribution in [-0.4, -0.2) is 57.6 Å². The van der Waals surface area contributed by atoms with Gasteiger partial charge in [-0.1, -0.05) is 19.9 Å². The molecule has 0 unspecified atom stereocenters. The first-order valence-electron chi connectivity index (χ1n) is 13.4. The Morgan fingerprint density at radius 3 is 2.57 bits per heavy atom. The molecule has 7 heteroatoms. The largest absolute Gasteiger partial charge is 0.390 e. The monoisotopic (exact) mass is 484 g/mol. The summed E-state index contributed by atoms with van der Waals surface area (Å²) in [6.45, 7) is 10.4. The maximum Gasteiger partial charge on any atom is 0.220 e. The molecule has 2 aliphatic carbocycles. The third-order valence-corrected chi connectivity index (χ3v) is 9.24. The second-order valence-electron chi connectivity index (χ2n) is 12.3. The Hall–Kier alpha value is -1.99. The maximum absolute atomic E-state index is 12.9. The van der Waals surface area contributed by atoms with Crippen molar-refractivity contribution in [3.63, 3.8) is 0 Å². The number of carbonyl (C=O) groups excluding carboxylic acids is 2. The Morgan fingerprint density at radius 2 is 1.91 bits per heavy atom. The Bertz CT molecular complexity index is 895. The predicted molar refractivity (Wildman–Crippen MR) is 136 cm³/mol. The number of piperidine rings is 1. The summed E-state index contributed by atoms with van der Waals surface area (Å²) in [6, 6.07) is 4.57. The third-order valence-electron chi connectivity index (χ3n) is 9.24. The maximum atomic E-state index is 12.9. The number of amides is 2. The molecule has 2 saturated carbocycles. The van der Waals surface area contributed by atoms with Crippen LogP contribution in [0.15, 0.2) is 24.5 Å². The molecule has 3 fully saturated rings. The summed E-state index contributed by atoms with van der Waals surface area (Å²) in [6.07, 6.45) is 10.4. The number of nitrogens with zero attached hydrogens (tertiary/aromatic N) is 2. The lowest BCUT2D eigenvalue weighted by atomic mass is 9.57. The zero-order valence-electron chi connectivity index (χ0n) is 22.0. The average molecular weight is 485 g/mol. The summed E-state index contributed by atoms with van der Waals surface area (Å²) >= 11 is 0. The van der Waals surface area contributed by atoms with E-state index < -0.39 is 5.60 Å². The fraction of sp³-hybridized carbons (Fsp3) is 0.750. The van der Waals surface area contributed by atoms with Crippen LogP contribution in [0.4, 0.5) is 0 Å². The molecule has 0 bridgehead atoms. The molecule has 35 heavy (non-hydrogen) atoms. The summed E-state index contributed by atoms with van der Waals surface area (Å²) in [5.41, 5.74) is 0.447. The van der Waals surface area contributed by atoms with Crippen LogP contribution in [0.5, 0.6) is 0 Å². The molecule has 1 aromatic heterocycles. The van der Waals surface area contributed by atoms with Crippen molar-refractivity contribution in [1.82, 2.24) is 20.5 Å². The zero-order chi connectivity index (χ0) is 25.3. The van der Waals surface area contributed by atoms with Gasteiger partial charge in [-0.05, 0) is 80.2 Å². The van der Waals surface area contributed by atoms with E-state index >= 15 is 0 Å². The minimum atomic E-state index is -0.643. The van der Waals surface area contributed by atoms with E-state index in [-0.39, 0.29) is 22.6 Å². The molecule has 3 aliphatic rings. The summed E-state index contributed by atoms with van der Waals surface area (Å²) in [7, 11) is 0. The number of fused-ring (bicyclic) bond motifs is 1. The van der Waals surface area contributed by atoms with Crippen molar-refractivity contribution in [2.24, 2.45) is 16.7 Å². The van der Waals surface area contributed by atoms with Gasteiger partial charge >= 0.3 is 0 Å². The van der Waals surface area contributed by atoms with Gasteiger partial charge in [0.25, 0.3) is 0 Å². The van der Waals surface area contributed by atoms with E-state index in [0.717, 1.165) is 63.6 Å². The number of nitrogens with one attached hydrogen (secondary N) is 2. The second-order valence-corrected chi connectivity index (χ2v) is 12.3. The first-order valence-corrected chi connectivity index (χ1v) is 13.4. The van der Waals surface area contributed by atoms with E-state index in [0.29, 0.717) is 31.0 Å². The second kappa shape index (κ2) is 10.2. The van der Waals surface area contributed by atoms with Crippen LogP contribution in [0.3, 0.4) is 0 Å². The fourth-order valence-electron chi connectivity index (χ4n) is 7.25. The van der Waals surface area contributed by atoms with Gasteiger partial charge in [0, 0.05) is 57.5 Å². The van der Waals surface area contributed by atoms with E-state index in [1.807, 2.05) is 24.0 Å². The molecule has 0 spiro atoms. The van der Waals surface area contributed by atoms with Gasteiger partial charge in [0.1, 0.15) is 0 Å². The highest BCUT2D eigenvalue weighted by Crippen LogP contribution is 2.64. The molecule has 1 aliphatic heterocycles. The number of likely N-dealkylation sites (tertiary alicyclic amines) is 1. The van der Waals surface area contributed by atoms with Crippen molar-refractivity contribution >= 4 is 11.8 Å². The zero-order valence-corrected chi connectivity index (χ0v) is 22.0. The lowest BCUT2D eigenvalue weighted by molar-refractivity contribution is -0.130. The van der Waals surface area contributed by atoms with E-state index in [1.165, 1.54) is 0 Å². The lowest BCUT2D eigenvalue weighted by Crippen LogP contribution is -2.55. The van der Waals surface area contributed by atoms with Crippen LogP contribution >= 0.6 is 0 Å². The Morgan fingerprint density at radius 1 is 1.17 bits per heavy atom. The number of hydrogen-bond acceptors (Lipinski definition) is 5. The van der Waals surface area contributed by atoms with Crippen molar-refractivity contribution in [1.29, 1.82) is 0 Å². The van der Waals surface area contributed by atoms with Crippen LogP contribution in [0.1, 0.15) is 84.6 Å². The fourth-order valence-corrected chi connectivity index (χ4v) is 7.25. The Balaban J connectivity index is 1.46. The molecule has 2 amide bonds. The molecule has 4 rings (SSSR count). The van der Waals surface area contributed by atoms with Crippen LogP contribution in [0.25, 0.3) is 0 Å². The van der Waals surface area contributed by atoms with Crippen molar-refractivity contribution in [2.75, 3.05) is 13.1 Å². The molecular formula is C28H44N4O3. The Labute approximate surface area is 210 Å². The molecule has 1 saturated heterocycles. The molecule has 0 aromatic carbocycles. The van der Waals surface area contributed by atoms with Crippen LogP contribution in [0, 0.1) is 16.7 Å². The molecule has 3 N–H and O–H groups in total. The molecule has 0 radical (unpaired) electrons. The summed E-state index contributed by atoms with van der Waals surface area (Å²) in [4.78, 5) is 30.7. The first-order chi connectivity index (χ1) is 16.5. The van der Waals surface area contributed by atoms with Crippen molar-refractivity contribution < 1.29 is 14.7 Å². The molecule has 2 heterocycles. The highest BCUT2D eigenvalue weighted by molar-refractivity contribution is 5.76. The quantitative estimate of drug-likeness (QED) is 0.551. The number of pyridine rings is 1. The van der Waals surface area contributed by atoms with E-state index in [2.05, 4.69) is 29.5 Å². The van der Waals surface area contributed by atoms with Crippen LogP contribution in [0.2, 0.25) is 0 Å². The smallest absolute Gasteiger partial charge is 0.220 e. The van der Waals surface area contributed by atoms with Crippen molar-refractivity contribution in [3.8, 4) is 0 Å². The lowest BCUT2D eigenvalue weighted by Gasteiger charge is -2.51.